The first-order valence-electron chi connectivity index (χ1n) is 29.0. The van der Waals surface area contributed by atoms with Crippen LogP contribution in [0.4, 0.5) is 0 Å². The Hall–Kier alpha value is -1.25. The van der Waals surface area contributed by atoms with Gasteiger partial charge in [-0.2, -0.15) is 0 Å². The zero-order chi connectivity index (χ0) is 49.4. The fourth-order valence-electron chi connectivity index (χ4n) is 8.71. The van der Waals surface area contributed by atoms with Crippen LogP contribution in [-0.4, -0.2) is 74.3 Å². The minimum Gasteiger partial charge on any atom is -0.456 e. The van der Waals surface area contributed by atoms with E-state index < -0.39 is 20.0 Å². The second kappa shape index (κ2) is 48.4. The van der Waals surface area contributed by atoms with Gasteiger partial charge in [-0.25, -0.2) is 4.57 Å². The van der Waals surface area contributed by atoms with Gasteiger partial charge in [0.25, 0.3) is 0 Å². The van der Waals surface area contributed by atoms with Crippen molar-refractivity contribution in [2.24, 2.45) is 0 Å². The number of hydrogen-bond donors (Lipinski definition) is 2. The van der Waals surface area contributed by atoms with E-state index in [9.17, 15) is 19.0 Å². The molecule has 0 heterocycles. The zero-order valence-electron chi connectivity index (χ0n) is 45.4. The van der Waals surface area contributed by atoms with Crippen LogP contribution >= 0.6 is 7.82 Å². The lowest BCUT2D eigenvalue weighted by molar-refractivity contribution is -0.870. The van der Waals surface area contributed by atoms with Crippen LogP contribution in [0.15, 0.2) is 12.2 Å². The maximum absolute atomic E-state index is 13.5. The molecule has 10 heteroatoms. The highest BCUT2D eigenvalue weighted by Gasteiger charge is 2.30. The molecule has 398 valence electrons. The molecule has 0 aromatic carbocycles. The predicted octanol–water partition coefficient (Wildman–Crippen LogP) is 17.2. The van der Waals surface area contributed by atoms with Gasteiger partial charge in [0.1, 0.15) is 19.3 Å². The van der Waals surface area contributed by atoms with Gasteiger partial charge in [0.05, 0.1) is 33.8 Å². The van der Waals surface area contributed by atoms with Crippen molar-refractivity contribution in [2.45, 2.75) is 303 Å². The number of hydrogen-bond acceptors (Lipinski definition) is 6. The molecule has 2 N–H and O–H groups in total. The Morgan fingerprint density at radius 3 is 1.22 bits per heavy atom. The lowest BCUT2D eigenvalue weighted by Gasteiger charge is -2.27. The first-order chi connectivity index (χ1) is 32.4. The van der Waals surface area contributed by atoms with Crippen molar-refractivity contribution >= 4 is 19.7 Å². The topological polar surface area (TPSA) is 111 Å². The monoisotopic (exact) mass is 970 g/mol. The molecule has 0 aliphatic carbocycles. The minimum absolute atomic E-state index is 0.0454. The van der Waals surface area contributed by atoms with Crippen molar-refractivity contribution in [3.8, 4) is 0 Å². The Morgan fingerprint density at radius 2 is 0.851 bits per heavy atom. The van der Waals surface area contributed by atoms with Crippen LogP contribution in [0, 0.1) is 0 Å². The van der Waals surface area contributed by atoms with Gasteiger partial charge in [0, 0.05) is 12.8 Å². The number of quaternary nitrogens is 1. The van der Waals surface area contributed by atoms with E-state index in [1.54, 1.807) is 0 Å². The molecular weight excluding hydrogens is 856 g/mol. The molecule has 3 atom stereocenters. The number of nitrogens with one attached hydrogen (secondary N) is 1. The average molecular weight is 971 g/mol. The summed E-state index contributed by atoms with van der Waals surface area (Å²) >= 11 is 0. The van der Waals surface area contributed by atoms with Crippen LogP contribution in [0.1, 0.15) is 290 Å². The second-order valence-corrected chi connectivity index (χ2v) is 22.6. The number of phosphoric ester groups is 1. The first-order valence-corrected chi connectivity index (χ1v) is 30.5. The lowest BCUT2D eigenvalue weighted by Crippen LogP contribution is -2.47. The summed E-state index contributed by atoms with van der Waals surface area (Å²) in [5.74, 6) is -0.488. The van der Waals surface area contributed by atoms with Crippen molar-refractivity contribution in [1.29, 1.82) is 0 Å². The number of nitrogens with zero attached hydrogens (tertiary/aromatic N) is 1. The van der Waals surface area contributed by atoms with Gasteiger partial charge in [-0.3, -0.25) is 18.6 Å². The molecule has 1 amide bonds. The summed E-state index contributed by atoms with van der Waals surface area (Å²) in [4.78, 5) is 37.5. The molecule has 0 saturated heterocycles. The maximum atomic E-state index is 13.5. The normalized spacial score (nSPS) is 13.8. The number of esters is 1. The summed E-state index contributed by atoms with van der Waals surface area (Å²) < 4.78 is 30.6. The number of amides is 1. The molecule has 0 aliphatic heterocycles. The van der Waals surface area contributed by atoms with E-state index >= 15 is 0 Å². The van der Waals surface area contributed by atoms with Crippen LogP contribution in [0.2, 0.25) is 0 Å². The molecular formula is C57H114N2O7P+. The van der Waals surface area contributed by atoms with Gasteiger partial charge in [-0.05, 0) is 31.8 Å². The van der Waals surface area contributed by atoms with Crippen molar-refractivity contribution in [2.75, 3.05) is 40.9 Å². The number of phosphoric acid groups is 1. The highest BCUT2D eigenvalue weighted by atomic mass is 31.2. The van der Waals surface area contributed by atoms with E-state index in [0.29, 0.717) is 23.9 Å². The number of carbonyl (C=O) groups is 2. The van der Waals surface area contributed by atoms with Gasteiger partial charge in [0.15, 0.2) is 0 Å². The van der Waals surface area contributed by atoms with Crippen LogP contribution in [0.5, 0.6) is 0 Å². The first kappa shape index (κ1) is 65.8. The SMILES string of the molecule is CCCCCCCCCCC/C=C/C(OC(=O)CCCCCCCCCCCCCCCC)C(COP(=O)(O)OCC[N+](C)(C)C)NC(=O)CCCCCCCCCCCCCCCCCC. The van der Waals surface area contributed by atoms with Crippen LogP contribution in [0.3, 0.4) is 0 Å². The largest absolute Gasteiger partial charge is 0.472 e. The molecule has 0 aromatic rings. The van der Waals surface area contributed by atoms with Crippen molar-refractivity contribution < 1.29 is 37.3 Å². The Morgan fingerprint density at radius 1 is 0.507 bits per heavy atom. The Labute approximate surface area is 416 Å². The molecule has 67 heavy (non-hydrogen) atoms. The van der Waals surface area contributed by atoms with Crippen LogP contribution in [0.25, 0.3) is 0 Å². The Balaban J connectivity index is 5.27. The van der Waals surface area contributed by atoms with Gasteiger partial charge >= 0.3 is 13.8 Å². The van der Waals surface area contributed by atoms with E-state index in [4.69, 9.17) is 13.8 Å². The second-order valence-electron chi connectivity index (χ2n) is 21.2. The fourth-order valence-corrected chi connectivity index (χ4v) is 9.44. The summed E-state index contributed by atoms with van der Waals surface area (Å²) in [5.41, 5.74) is 0. The molecule has 9 nitrogen and oxygen atoms in total. The van der Waals surface area contributed by atoms with Gasteiger partial charge in [-0.1, -0.05) is 258 Å². The van der Waals surface area contributed by atoms with Crippen LogP contribution < -0.4 is 5.32 Å². The van der Waals surface area contributed by atoms with E-state index in [1.807, 2.05) is 33.3 Å². The number of unbranched alkanes of at least 4 members (excludes halogenated alkanes) is 37. The third-order valence-electron chi connectivity index (χ3n) is 13.2. The molecule has 0 fully saturated rings. The van der Waals surface area contributed by atoms with Gasteiger partial charge in [0.2, 0.25) is 5.91 Å². The van der Waals surface area contributed by atoms with Gasteiger partial charge < -0.3 is 19.4 Å². The predicted molar refractivity (Wildman–Crippen MR) is 287 cm³/mol. The number of rotatable bonds is 53. The van der Waals surface area contributed by atoms with Crippen molar-refractivity contribution in [1.82, 2.24) is 5.32 Å². The zero-order valence-corrected chi connectivity index (χ0v) is 46.3. The summed E-state index contributed by atoms with van der Waals surface area (Å²) in [6.07, 6.45) is 53.4. The highest BCUT2D eigenvalue weighted by Crippen LogP contribution is 2.43. The number of carbonyl (C=O) groups excluding carboxylic acids is 2. The van der Waals surface area contributed by atoms with Crippen molar-refractivity contribution in [3.05, 3.63) is 12.2 Å². The molecule has 3 unspecified atom stereocenters. The van der Waals surface area contributed by atoms with Gasteiger partial charge in [-0.15, -0.1) is 0 Å². The average Bonchev–Trinajstić information content (AvgIpc) is 3.28. The smallest absolute Gasteiger partial charge is 0.456 e. The maximum Gasteiger partial charge on any atom is 0.472 e. The molecule has 0 radical (unpaired) electrons. The molecule has 0 aromatic heterocycles. The Bertz CT molecular complexity index is 1160. The molecule has 0 rings (SSSR count). The third-order valence-corrected chi connectivity index (χ3v) is 14.2. The summed E-state index contributed by atoms with van der Waals surface area (Å²) in [7, 11) is 1.51. The highest BCUT2D eigenvalue weighted by molar-refractivity contribution is 7.47. The van der Waals surface area contributed by atoms with Crippen molar-refractivity contribution in [3.63, 3.8) is 0 Å². The fraction of sp³-hybridized carbons (Fsp3) is 0.930. The molecule has 0 saturated carbocycles. The Kier molecular flexibility index (Phi) is 47.5. The van der Waals surface area contributed by atoms with Crippen LogP contribution in [-0.2, 0) is 27.9 Å². The number of likely N-dealkylation sites (N-methyl/N-ethyl adjacent to an activating group) is 1. The third kappa shape index (κ3) is 49.5. The molecule has 0 bridgehead atoms. The summed E-state index contributed by atoms with van der Waals surface area (Å²) in [6, 6.07) is -0.837. The molecule has 0 aliphatic rings. The number of allylic oxidation sites excluding steroid dienone is 1. The quantitative estimate of drug-likeness (QED) is 0.0205. The van der Waals surface area contributed by atoms with E-state index in [2.05, 4.69) is 26.1 Å². The lowest BCUT2D eigenvalue weighted by atomic mass is 10.0. The summed E-state index contributed by atoms with van der Waals surface area (Å²) in [5, 5.41) is 3.05. The summed E-state index contributed by atoms with van der Waals surface area (Å²) in [6.45, 7) is 7.04. The van der Waals surface area contributed by atoms with E-state index in [-0.39, 0.29) is 25.1 Å². The minimum atomic E-state index is -4.43. The molecule has 0 spiro atoms. The number of ether oxygens (including phenoxy) is 1. The standard InChI is InChI=1S/C57H113N2O7P/c1-7-10-13-16-19-22-25-27-29-30-31-34-37-40-43-46-49-56(60)58-54(53-65-67(62,63)64-52-51-59(4,5)6)55(48-45-42-39-36-33-24-21-18-15-12-9-3)66-57(61)50-47-44-41-38-35-32-28-26-23-20-17-14-11-8-2/h45,48,54-55H,7-44,46-47,49-53H2,1-6H3,(H-,58,60,62,63)/p+1/b48-45+. The van der Waals surface area contributed by atoms with E-state index in [1.165, 1.54) is 199 Å². The van der Waals surface area contributed by atoms with E-state index in [0.717, 1.165) is 57.8 Å².